The third-order valence-corrected chi connectivity index (χ3v) is 4.71. The minimum Gasteiger partial charge on any atom is -0.493 e. The van der Waals surface area contributed by atoms with Crippen molar-refractivity contribution >= 4 is 17.7 Å². The number of esters is 1. The first-order chi connectivity index (χ1) is 14.8. The normalized spacial score (nSPS) is 15.6. The van der Waals surface area contributed by atoms with Crippen LogP contribution in [0.25, 0.3) is 0 Å². The van der Waals surface area contributed by atoms with Gasteiger partial charge in [0.15, 0.2) is 5.75 Å². The first-order valence-corrected chi connectivity index (χ1v) is 9.25. The second kappa shape index (κ2) is 9.16. The fourth-order valence-electron chi connectivity index (χ4n) is 3.28. The van der Waals surface area contributed by atoms with Crippen molar-refractivity contribution < 1.29 is 28.7 Å². The summed E-state index contributed by atoms with van der Waals surface area (Å²) < 4.78 is 15.8. The molecule has 0 fully saturated rings. The quantitative estimate of drug-likeness (QED) is 0.395. The Morgan fingerprint density at radius 2 is 1.87 bits per heavy atom. The van der Waals surface area contributed by atoms with Gasteiger partial charge in [0.05, 0.1) is 30.8 Å². The average molecular weight is 427 g/mol. The molecular weight excluding hydrogens is 406 g/mol. The van der Waals surface area contributed by atoms with Crippen LogP contribution in [0.1, 0.15) is 24.1 Å². The molecule has 10 heteroatoms. The van der Waals surface area contributed by atoms with Gasteiger partial charge in [-0.1, -0.05) is 30.3 Å². The van der Waals surface area contributed by atoms with Crippen molar-refractivity contribution in [3.05, 3.63) is 75.0 Å². The van der Waals surface area contributed by atoms with Gasteiger partial charge in [-0.3, -0.25) is 10.1 Å². The molecule has 0 saturated carbocycles. The molecule has 1 unspecified atom stereocenters. The second-order valence-electron chi connectivity index (χ2n) is 6.66. The fraction of sp³-hybridized carbons (Fsp3) is 0.238. The Labute approximate surface area is 177 Å². The van der Waals surface area contributed by atoms with Gasteiger partial charge in [0, 0.05) is 11.8 Å². The van der Waals surface area contributed by atoms with E-state index in [0.717, 1.165) is 5.56 Å². The lowest BCUT2D eigenvalue weighted by atomic mass is 9.94. The third-order valence-electron chi connectivity index (χ3n) is 4.71. The number of hydrogen-bond donors (Lipinski definition) is 2. The standard InChI is InChI=1S/C21H21N3O7/c1-12-17(20(25)31-11-13-7-5-4-6-8-13)18(23-21(26)22-12)14-9-15(24(27)28)19(30-3)16(10-14)29-2/h4-10,18H,11H2,1-3H3,(H2,22,23,26). The average Bonchev–Trinajstić information content (AvgIpc) is 2.76. The molecule has 0 bridgehead atoms. The topological polar surface area (TPSA) is 129 Å². The number of urea groups is 1. The van der Waals surface area contributed by atoms with Crippen LogP contribution in [0.15, 0.2) is 53.7 Å². The molecule has 1 atom stereocenters. The predicted octanol–water partition coefficient (Wildman–Crippen LogP) is 2.98. The van der Waals surface area contributed by atoms with E-state index in [1.807, 2.05) is 30.3 Å². The lowest BCUT2D eigenvalue weighted by molar-refractivity contribution is -0.385. The number of rotatable bonds is 7. The Morgan fingerprint density at radius 3 is 2.48 bits per heavy atom. The Hall–Kier alpha value is -4.08. The predicted molar refractivity (Wildman–Crippen MR) is 110 cm³/mol. The van der Waals surface area contributed by atoms with Crippen LogP contribution in [0.5, 0.6) is 11.5 Å². The molecule has 1 aliphatic heterocycles. The van der Waals surface area contributed by atoms with Gasteiger partial charge < -0.3 is 24.8 Å². The van der Waals surface area contributed by atoms with Crippen LogP contribution in [0.2, 0.25) is 0 Å². The van der Waals surface area contributed by atoms with Crippen LogP contribution < -0.4 is 20.1 Å². The van der Waals surface area contributed by atoms with Crippen molar-refractivity contribution in [1.82, 2.24) is 10.6 Å². The van der Waals surface area contributed by atoms with Gasteiger partial charge in [-0.05, 0) is 24.1 Å². The molecule has 1 aliphatic rings. The van der Waals surface area contributed by atoms with Crippen LogP contribution in [0.3, 0.4) is 0 Å². The highest BCUT2D eigenvalue weighted by atomic mass is 16.6. The summed E-state index contributed by atoms with van der Waals surface area (Å²) in [6.45, 7) is 1.59. The Kier molecular flexibility index (Phi) is 6.39. The van der Waals surface area contributed by atoms with E-state index in [1.165, 1.54) is 26.4 Å². The molecule has 0 spiro atoms. The van der Waals surface area contributed by atoms with Crippen molar-refractivity contribution in [3.8, 4) is 11.5 Å². The number of carbonyl (C=O) groups is 2. The SMILES string of the molecule is COc1cc(C2NC(=O)NC(C)=C2C(=O)OCc2ccccc2)cc([N+](=O)[O-])c1OC. The van der Waals surface area contributed by atoms with Gasteiger partial charge in [0.1, 0.15) is 6.61 Å². The van der Waals surface area contributed by atoms with Gasteiger partial charge in [-0.25, -0.2) is 9.59 Å². The highest BCUT2D eigenvalue weighted by Crippen LogP contribution is 2.41. The van der Waals surface area contributed by atoms with E-state index in [4.69, 9.17) is 14.2 Å². The van der Waals surface area contributed by atoms with Crippen LogP contribution >= 0.6 is 0 Å². The lowest BCUT2D eigenvalue weighted by Crippen LogP contribution is -2.45. The van der Waals surface area contributed by atoms with Gasteiger partial charge in [0.25, 0.3) is 0 Å². The van der Waals surface area contributed by atoms with Crippen LogP contribution in [0.4, 0.5) is 10.5 Å². The molecule has 2 N–H and O–H groups in total. The van der Waals surface area contributed by atoms with Gasteiger partial charge >= 0.3 is 17.7 Å². The molecule has 1 heterocycles. The van der Waals surface area contributed by atoms with Crippen molar-refractivity contribution in [2.24, 2.45) is 0 Å². The second-order valence-corrected chi connectivity index (χ2v) is 6.66. The number of ether oxygens (including phenoxy) is 3. The molecule has 0 saturated heterocycles. The van der Waals surface area contributed by atoms with E-state index in [2.05, 4.69) is 10.6 Å². The van der Waals surface area contributed by atoms with E-state index < -0.39 is 23.0 Å². The van der Waals surface area contributed by atoms with Gasteiger partial charge in [-0.15, -0.1) is 0 Å². The van der Waals surface area contributed by atoms with E-state index in [-0.39, 0.29) is 40.6 Å². The minimum absolute atomic E-state index is 0.0310. The number of amides is 2. The van der Waals surface area contributed by atoms with E-state index >= 15 is 0 Å². The van der Waals surface area contributed by atoms with E-state index in [9.17, 15) is 19.7 Å². The molecule has 2 amide bonds. The highest BCUT2D eigenvalue weighted by molar-refractivity contribution is 5.95. The van der Waals surface area contributed by atoms with E-state index in [1.54, 1.807) is 6.92 Å². The van der Waals surface area contributed by atoms with Crippen LogP contribution in [0, 0.1) is 10.1 Å². The van der Waals surface area contributed by atoms with E-state index in [0.29, 0.717) is 0 Å². The van der Waals surface area contributed by atoms with Crippen molar-refractivity contribution in [1.29, 1.82) is 0 Å². The molecule has 162 valence electrons. The summed E-state index contributed by atoms with van der Waals surface area (Å²) in [4.78, 5) is 35.9. The van der Waals surface area contributed by atoms with Gasteiger partial charge in [-0.2, -0.15) is 0 Å². The maximum Gasteiger partial charge on any atom is 0.338 e. The zero-order valence-electron chi connectivity index (χ0n) is 17.1. The number of benzene rings is 2. The Balaban J connectivity index is 2.00. The number of nitrogens with one attached hydrogen (secondary N) is 2. The number of nitrogens with zero attached hydrogens (tertiary/aromatic N) is 1. The number of nitro groups is 1. The highest BCUT2D eigenvalue weighted by Gasteiger charge is 2.35. The Morgan fingerprint density at radius 1 is 1.16 bits per heavy atom. The Bertz CT molecular complexity index is 1050. The minimum atomic E-state index is -0.990. The molecule has 3 rings (SSSR count). The summed E-state index contributed by atoms with van der Waals surface area (Å²) in [5.41, 5.74) is 1.10. The molecule has 2 aromatic rings. The summed E-state index contributed by atoms with van der Waals surface area (Å²) in [5.74, 6) is -0.643. The lowest BCUT2D eigenvalue weighted by Gasteiger charge is -2.28. The fourth-order valence-corrected chi connectivity index (χ4v) is 3.28. The number of nitro benzene ring substituents is 1. The molecule has 10 nitrogen and oxygen atoms in total. The molecule has 0 aromatic heterocycles. The first-order valence-electron chi connectivity index (χ1n) is 9.25. The van der Waals surface area contributed by atoms with Gasteiger partial charge in [0.2, 0.25) is 5.75 Å². The van der Waals surface area contributed by atoms with Crippen molar-refractivity contribution in [2.75, 3.05) is 14.2 Å². The number of carbonyl (C=O) groups excluding carboxylic acids is 2. The third kappa shape index (κ3) is 4.58. The summed E-state index contributed by atoms with van der Waals surface area (Å²) in [6, 6.07) is 10.3. The van der Waals surface area contributed by atoms with Crippen LogP contribution in [-0.4, -0.2) is 31.1 Å². The number of allylic oxidation sites excluding steroid dienone is 1. The first kappa shape index (κ1) is 21.6. The molecule has 2 aromatic carbocycles. The summed E-state index contributed by atoms with van der Waals surface area (Å²) in [6.07, 6.45) is 0. The zero-order chi connectivity index (χ0) is 22.5. The summed E-state index contributed by atoms with van der Waals surface area (Å²) in [7, 11) is 2.62. The largest absolute Gasteiger partial charge is 0.493 e. The molecule has 31 heavy (non-hydrogen) atoms. The summed E-state index contributed by atoms with van der Waals surface area (Å²) in [5, 5.41) is 16.7. The van der Waals surface area contributed by atoms with Crippen molar-refractivity contribution in [2.45, 2.75) is 19.6 Å². The number of methoxy groups -OCH3 is 2. The molecular formula is C21H21N3O7. The molecule has 0 aliphatic carbocycles. The maximum atomic E-state index is 12.9. The van der Waals surface area contributed by atoms with Crippen molar-refractivity contribution in [3.63, 3.8) is 0 Å². The number of hydrogen-bond acceptors (Lipinski definition) is 7. The zero-order valence-corrected chi connectivity index (χ0v) is 17.1. The van der Waals surface area contributed by atoms with Crippen LogP contribution in [-0.2, 0) is 16.1 Å². The maximum absolute atomic E-state index is 12.9. The molecule has 0 radical (unpaired) electrons. The smallest absolute Gasteiger partial charge is 0.338 e. The summed E-state index contributed by atoms with van der Waals surface area (Å²) >= 11 is 0. The monoisotopic (exact) mass is 427 g/mol.